The van der Waals surface area contributed by atoms with Crippen LogP contribution in [0.25, 0.3) is 0 Å². The molecular weight excluding hydrogens is 356 g/mol. The van der Waals surface area contributed by atoms with E-state index in [0.29, 0.717) is 29.5 Å². The minimum atomic E-state index is -0.543. The summed E-state index contributed by atoms with van der Waals surface area (Å²) >= 11 is 6.34. The van der Waals surface area contributed by atoms with Crippen molar-refractivity contribution in [2.75, 3.05) is 18.1 Å². The lowest BCUT2D eigenvalue weighted by Gasteiger charge is -2.33. The van der Waals surface area contributed by atoms with Crippen LogP contribution in [0.4, 0.5) is 16.2 Å². The van der Waals surface area contributed by atoms with Gasteiger partial charge in [0.1, 0.15) is 11.3 Å². The van der Waals surface area contributed by atoms with Crippen molar-refractivity contribution in [1.29, 1.82) is 0 Å². The van der Waals surface area contributed by atoms with Crippen LogP contribution in [0.15, 0.2) is 28.5 Å². The number of carbonyl (C=O) groups excluding carboxylic acids is 1. The first-order valence-electron chi connectivity index (χ1n) is 8.64. The van der Waals surface area contributed by atoms with Gasteiger partial charge in [-0.2, -0.15) is 0 Å². The molecule has 0 aromatic heterocycles. The monoisotopic (exact) mass is 382 g/mol. The fourth-order valence-corrected chi connectivity index (χ4v) is 3.19. The van der Waals surface area contributed by atoms with E-state index in [4.69, 9.17) is 28.0 Å². The maximum atomic E-state index is 12.5. The number of ether oxygens (including phenoxy) is 1. The summed E-state index contributed by atoms with van der Waals surface area (Å²) in [6.07, 6.45) is 2.32. The smallest absolute Gasteiger partial charge is 0.410 e. The maximum absolute atomic E-state index is 12.5. The van der Waals surface area contributed by atoms with Crippen molar-refractivity contribution in [3.8, 4) is 0 Å². The van der Waals surface area contributed by atoms with E-state index in [9.17, 15) is 4.79 Å². The fourth-order valence-electron chi connectivity index (χ4n) is 2.92. The topological polar surface area (TPSA) is 110 Å². The van der Waals surface area contributed by atoms with E-state index in [1.807, 2.05) is 20.8 Å². The molecule has 26 heavy (non-hydrogen) atoms. The van der Waals surface area contributed by atoms with Gasteiger partial charge in [0.15, 0.2) is 0 Å². The molecular formula is C17H27ClN6O2. The van der Waals surface area contributed by atoms with Crippen LogP contribution in [0.1, 0.15) is 40.0 Å². The summed E-state index contributed by atoms with van der Waals surface area (Å²) in [5, 5.41) is 9.25. The highest BCUT2D eigenvalue weighted by Gasteiger charge is 2.30. The summed E-state index contributed by atoms with van der Waals surface area (Å²) < 4.78 is 5.50. The Hall–Kier alpha value is -2.06. The van der Waals surface area contributed by atoms with Gasteiger partial charge >= 0.3 is 6.09 Å². The quantitative estimate of drug-likeness (QED) is 0.469. The molecule has 0 saturated carbocycles. The first kappa shape index (κ1) is 20.3. The van der Waals surface area contributed by atoms with Gasteiger partial charge in [-0.3, -0.25) is 0 Å². The summed E-state index contributed by atoms with van der Waals surface area (Å²) in [5.74, 6) is 11.6. The van der Waals surface area contributed by atoms with E-state index in [-0.39, 0.29) is 12.1 Å². The molecule has 1 aliphatic heterocycles. The number of benzene rings is 1. The Labute approximate surface area is 159 Å². The second kappa shape index (κ2) is 8.55. The number of carbonyl (C=O) groups is 1. The Morgan fingerprint density at radius 3 is 2.77 bits per heavy atom. The SMILES string of the molecule is CC(C)(C)OC(=O)N1CCCC[C@@H](N(N)c2c(Cl)cccc2N=NN)C1. The summed E-state index contributed by atoms with van der Waals surface area (Å²) in [6.45, 7) is 6.63. The van der Waals surface area contributed by atoms with Crippen LogP contribution in [-0.2, 0) is 4.74 Å². The zero-order chi connectivity index (χ0) is 19.3. The van der Waals surface area contributed by atoms with E-state index < -0.39 is 5.60 Å². The highest BCUT2D eigenvalue weighted by atomic mass is 35.5. The van der Waals surface area contributed by atoms with Gasteiger partial charge in [-0.05, 0) is 52.2 Å². The molecule has 1 aromatic carbocycles. The minimum absolute atomic E-state index is 0.128. The van der Waals surface area contributed by atoms with Crippen molar-refractivity contribution in [1.82, 2.24) is 4.90 Å². The summed E-state index contributed by atoms with van der Waals surface area (Å²) in [5.41, 5.74) is 0.480. The molecule has 0 bridgehead atoms. The zero-order valence-corrected chi connectivity index (χ0v) is 16.2. The Kier molecular flexibility index (Phi) is 6.66. The Morgan fingerprint density at radius 2 is 2.12 bits per heavy atom. The summed E-state index contributed by atoms with van der Waals surface area (Å²) in [6, 6.07) is 5.09. The van der Waals surface area contributed by atoms with Crippen molar-refractivity contribution < 1.29 is 9.53 Å². The molecule has 0 aliphatic carbocycles. The standard InChI is InChI=1S/C17H27ClN6O2/c1-17(2,3)26-16(25)23-10-5-4-7-12(11-23)24(20)15-13(18)8-6-9-14(15)21-22-19/h6,8-9,12H,4-5,7,10-11,20H2,1-3H3,(H2,19,21)/t12-/m1/s1. The number of hydrogen-bond donors (Lipinski definition) is 2. The molecule has 8 nitrogen and oxygen atoms in total. The van der Waals surface area contributed by atoms with Crippen molar-refractivity contribution in [3.05, 3.63) is 23.2 Å². The molecule has 0 unspecified atom stereocenters. The van der Waals surface area contributed by atoms with Gasteiger partial charge in [0, 0.05) is 13.1 Å². The van der Waals surface area contributed by atoms with E-state index >= 15 is 0 Å². The molecule has 144 valence electrons. The number of halogens is 1. The molecule has 1 saturated heterocycles. The van der Waals surface area contributed by atoms with Crippen molar-refractivity contribution in [3.63, 3.8) is 0 Å². The van der Waals surface area contributed by atoms with Gasteiger partial charge < -0.3 is 20.5 Å². The van der Waals surface area contributed by atoms with Gasteiger partial charge in [0.05, 0.1) is 16.8 Å². The van der Waals surface area contributed by atoms with Crippen LogP contribution < -0.4 is 16.7 Å². The van der Waals surface area contributed by atoms with Crippen molar-refractivity contribution >= 4 is 29.1 Å². The van der Waals surface area contributed by atoms with Crippen LogP contribution in [0, 0.1) is 0 Å². The predicted molar refractivity (Wildman–Crippen MR) is 102 cm³/mol. The summed E-state index contributed by atoms with van der Waals surface area (Å²) in [4.78, 5) is 14.2. The molecule has 1 aliphatic rings. The maximum Gasteiger partial charge on any atom is 0.410 e. The molecule has 4 N–H and O–H groups in total. The van der Waals surface area contributed by atoms with Crippen LogP contribution in [-0.4, -0.2) is 35.7 Å². The fraction of sp³-hybridized carbons (Fsp3) is 0.588. The molecule has 1 atom stereocenters. The highest BCUT2D eigenvalue weighted by molar-refractivity contribution is 6.33. The Bertz CT molecular complexity index is 661. The third-order valence-corrected chi connectivity index (χ3v) is 4.39. The molecule has 1 amide bonds. The van der Waals surface area contributed by atoms with Crippen LogP contribution in [0.5, 0.6) is 0 Å². The number of amides is 1. The first-order chi connectivity index (χ1) is 12.2. The van der Waals surface area contributed by atoms with Crippen molar-refractivity contribution in [2.45, 2.75) is 51.7 Å². The summed E-state index contributed by atoms with van der Waals surface area (Å²) in [7, 11) is 0. The minimum Gasteiger partial charge on any atom is -0.444 e. The Morgan fingerprint density at radius 1 is 1.38 bits per heavy atom. The molecule has 0 radical (unpaired) electrons. The second-order valence-corrected chi connectivity index (χ2v) is 7.71. The average molecular weight is 383 g/mol. The normalized spacial score (nSPS) is 18.7. The molecule has 1 aromatic rings. The molecule has 1 fully saturated rings. The van der Waals surface area contributed by atoms with Gasteiger partial charge in [-0.15, -0.1) is 5.11 Å². The lowest BCUT2D eigenvalue weighted by atomic mass is 10.1. The second-order valence-electron chi connectivity index (χ2n) is 7.31. The van der Waals surface area contributed by atoms with Gasteiger partial charge in [-0.25, -0.2) is 10.6 Å². The Balaban J connectivity index is 2.23. The number of nitrogens with zero attached hydrogens (tertiary/aromatic N) is 4. The number of hydrazine groups is 1. The number of hydrogen-bond acceptors (Lipinski definition) is 6. The number of para-hydroxylation sites is 1. The predicted octanol–water partition coefficient (Wildman–Crippen LogP) is 3.77. The lowest BCUT2D eigenvalue weighted by molar-refractivity contribution is 0.0248. The molecule has 2 rings (SSSR count). The van der Waals surface area contributed by atoms with Gasteiger partial charge in [-0.1, -0.05) is 22.9 Å². The van der Waals surface area contributed by atoms with E-state index in [1.165, 1.54) is 0 Å². The van der Waals surface area contributed by atoms with E-state index in [0.717, 1.165) is 19.3 Å². The van der Waals surface area contributed by atoms with Crippen molar-refractivity contribution in [2.24, 2.45) is 22.0 Å². The van der Waals surface area contributed by atoms with E-state index in [1.54, 1.807) is 28.1 Å². The first-order valence-corrected chi connectivity index (χ1v) is 9.02. The number of nitrogens with two attached hydrogens (primary N) is 2. The lowest BCUT2D eigenvalue weighted by Crippen LogP contribution is -2.49. The zero-order valence-electron chi connectivity index (χ0n) is 15.5. The third kappa shape index (κ3) is 5.22. The van der Waals surface area contributed by atoms with Crippen LogP contribution in [0.3, 0.4) is 0 Å². The van der Waals surface area contributed by atoms with E-state index in [2.05, 4.69) is 10.3 Å². The largest absolute Gasteiger partial charge is 0.444 e. The average Bonchev–Trinajstić information content (AvgIpc) is 2.79. The molecule has 9 heteroatoms. The number of rotatable bonds is 3. The number of anilines is 1. The highest BCUT2D eigenvalue weighted by Crippen LogP contribution is 2.36. The van der Waals surface area contributed by atoms with Gasteiger partial charge in [0.2, 0.25) is 0 Å². The molecule has 0 spiro atoms. The molecule has 1 heterocycles. The van der Waals surface area contributed by atoms with Crippen LogP contribution >= 0.6 is 11.6 Å². The third-order valence-electron chi connectivity index (χ3n) is 4.08. The number of likely N-dealkylation sites (tertiary alicyclic amines) is 1. The van der Waals surface area contributed by atoms with Gasteiger partial charge in [0.25, 0.3) is 0 Å². The van der Waals surface area contributed by atoms with Crippen LogP contribution in [0.2, 0.25) is 5.02 Å².